The van der Waals surface area contributed by atoms with Gasteiger partial charge in [-0.05, 0) is 45.4 Å². The molecule has 0 N–H and O–H groups in total. The fourth-order valence-electron chi connectivity index (χ4n) is 2.13. The lowest BCUT2D eigenvalue weighted by Gasteiger charge is -2.19. The predicted molar refractivity (Wildman–Crippen MR) is 69.4 cm³/mol. The second kappa shape index (κ2) is 6.93. The molecular weight excluding hydrogens is 218 g/mol. The first-order chi connectivity index (χ1) is 8.03. The molecule has 0 radical (unpaired) electrons. The highest BCUT2D eigenvalue weighted by atomic mass is 19.3. The molecule has 2 aliphatic rings. The predicted octanol–water partition coefficient (Wildman–Crippen LogP) is 5.65. The minimum atomic E-state index is -2.42. The van der Waals surface area contributed by atoms with Gasteiger partial charge in [-0.25, -0.2) is 8.78 Å². The molecule has 0 atom stereocenters. The third kappa shape index (κ3) is 5.99. The summed E-state index contributed by atoms with van der Waals surface area (Å²) >= 11 is 0. The van der Waals surface area contributed by atoms with Crippen molar-refractivity contribution in [3.63, 3.8) is 0 Å². The normalized spacial score (nSPS) is 23.1. The first-order valence-electron chi connectivity index (χ1n) is 6.75. The Kier molecular flexibility index (Phi) is 5.87. The van der Waals surface area contributed by atoms with Gasteiger partial charge in [-0.15, -0.1) is 0 Å². The highest BCUT2D eigenvalue weighted by Crippen LogP contribution is 2.31. The Morgan fingerprint density at radius 3 is 2.29 bits per heavy atom. The van der Waals surface area contributed by atoms with Crippen molar-refractivity contribution in [2.75, 3.05) is 0 Å². The van der Waals surface area contributed by atoms with Crippen molar-refractivity contribution in [2.24, 2.45) is 0 Å². The van der Waals surface area contributed by atoms with E-state index in [0.29, 0.717) is 6.42 Å². The van der Waals surface area contributed by atoms with Gasteiger partial charge in [-0.2, -0.15) is 0 Å². The van der Waals surface area contributed by atoms with Crippen LogP contribution in [0.1, 0.15) is 65.2 Å². The van der Waals surface area contributed by atoms with E-state index < -0.39 is 5.92 Å². The van der Waals surface area contributed by atoms with Crippen LogP contribution in [-0.4, -0.2) is 5.92 Å². The van der Waals surface area contributed by atoms with Crippen molar-refractivity contribution >= 4 is 0 Å². The lowest BCUT2D eigenvalue weighted by atomic mass is 9.98. The minimum Gasteiger partial charge on any atom is -0.207 e. The Balaban J connectivity index is 0.000000171. The first kappa shape index (κ1) is 14.4. The molecule has 0 amide bonds. The van der Waals surface area contributed by atoms with Gasteiger partial charge in [0.25, 0.3) is 5.92 Å². The molecule has 0 saturated heterocycles. The molecule has 2 rings (SSSR count). The zero-order valence-electron chi connectivity index (χ0n) is 11.1. The van der Waals surface area contributed by atoms with Gasteiger partial charge in [-0.3, -0.25) is 0 Å². The van der Waals surface area contributed by atoms with E-state index in [1.54, 1.807) is 11.6 Å². The van der Waals surface area contributed by atoms with Crippen LogP contribution in [0.15, 0.2) is 23.3 Å². The van der Waals surface area contributed by atoms with Crippen LogP contribution < -0.4 is 0 Å². The molecule has 17 heavy (non-hydrogen) atoms. The molecule has 0 saturated carbocycles. The maximum Gasteiger partial charge on any atom is 0.251 e. The summed E-state index contributed by atoms with van der Waals surface area (Å²) in [6.07, 6.45) is 11.4. The van der Waals surface area contributed by atoms with E-state index in [4.69, 9.17) is 0 Å². The number of alkyl halides is 2. The van der Waals surface area contributed by atoms with Crippen LogP contribution in [0.3, 0.4) is 0 Å². The van der Waals surface area contributed by atoms with E-state index in [1.807, 2.05) is 6.92 Å². The third-order valence-electron chi connectivity index (χ3n) is 3.47. The van der Waals surface area contributed by atoms with Crippen LogP contribution in [0, 0.1) is 0 Å². The van der Waals surface area contributed by atoms with Crippen LogP contribution >= 0.6 is 0 Å². The first-order valence-corrected chi connectivity index (χ1v) is 6.75. The largest absolute Gasteiger partial charge is 0.251 e. The highest BCUT2D eigenvalue weighted by Gasteiger charge is 2.29. The van der Waals surface area contributed by atoms with Gasteiger partial charge in [0.2, 0.25) is 0 Å². The van der Waals surface area contributed by atoms with Gasteiger partial charge in [0.05, 0.1) is 0 Å². The fourth-order valence-corrected chi connectivity index (χ4v) is 2.13. The Morgan fingerprint density at radius 2 is 1.94 bits per heavy atom. The highest BCUT2D eigenvalue weighted by molar-refractivity contribution is 5.05. The fraction of sp³-hybridized carbons (Fsp3) is 0.733. The SMILES string of the molecule is CC1=CCC(F)(F)CC1.CCC1=CCCCC1. The van der Waals surface area contributed by atoms with Gasteiger partial charge < -0.3 is 0 Å². The summed E-state index contributed by atoms with van der Waals surface area (Å²) in [5.74, 6) is -2.42. The standard InChI is InChI=1S/C8H14.C7H10F2/c1-2-8-6-4-3-5-7-8;1-6-2-4-7(8,9)5-3-6/h6H,2-5,7H2,1H3;2H,3-5H2,1H3. The van der Waals surface area contributed by atoms with Crippen LogP contribution in [0.25, 0.3) is 0 Å². The van der Waals surface area contributed by atoms with Crippen molar-refractivity contribution in [3.05, 3.63) is 23.3 Å². The second-order valence-corrected chi connectivity index (χ2v) is 5.07. The summed E-state index contributed by atoms with van der Waals surface area (Å²) in [6.45, 7) is 4.15. The van der Waals surface area contributed by atoms with E-state index in [2.05, 4.69) is 13.0 Å². The molecule has 0 spiro atoms. The van der Waals surface area contributed by atoms with Gasteiger partial charge in [0, 0.05) is 12.8 Å². The topological polar surface area (TPSA) is 0 Å². The molecule has 0 aromatic rings. The van der Waals surface area contributed by atoms with Gasteiger partial charge in [-0.1, -0.05) is 30.2 Å². The van der Waals surface area contributed by atoms with Crippen molar-refractivity contribution in [1.29, 1.82) is 0 Å². The van der Waals surface area contributed by atoms with Crippen molar-refractivity contribution in [3.8, 4) is 0 Å². The van der Waals surface area contributed by atoms with E-state index in [9.17, 15) is 8.78 Å². The number of hydrogen-bond donors (Lipinski definition) is 0. The third-order valence-corrected chi connectivity index (χ3v) is 3.47. The average Bonchev–Trinajstić information content (AvgIpc) is 2.35. The molecule has 0 aliphatic heterocycles. The summed E-state index contributed by atoms with van der Waals surface area (Å²) < 4.78 is 24.7. The quantitative estimate of drug-likeness (QED) is 0.521. The molecule has 0 fully saturated rings. The summed E-state index contributed by atoms with van der Waals surface area (Å²) in [4.78, 5) is 0. The summed E-state index contributed by atoms with van der Waals surface area (Å²) in [5.41, 5.74) is 2.78. The molecule has 0 nitrogen and oxygen atoms in total. The van der Waals surface area contributed by atoms with Crippen molar-refractivity contribution in [1.82, 2.24) is 0 Å². The molecule has 0 heterocycles. The van der Waals surface area contributed by atoms with E-state index in [0.717, 1.165) is 5.57 Å². The number of halogens is 2. The van der Waals surface area contributed by atoms with Crippen LogP contribution in [0.2, 0.25) is 0 Å². The maximum atomic E-state index is 12.3. The minimum absolute atomic E-state index is 0.0370. The average molecular weight is 242 g/mol. The molecule has 98 valence electrons. The Hall–Kier alpha value is -0.660. The summed E-state index contributed by atoms with van der Waals surface area (Å²) in [7, 11) is 0. The summed E-state index contributed by atoms with van der Waals surface area (Å²) in [5, 5.41) is 0. The maximum absolute atomic E-state index is 12.3. The van der Waals surface area contributed by atoms with Gasteiger partial charge in [0.15, 0.2) is 0 Å². The van der Waals surface area contributed by atoms with Crippen molar-refractivity contribution < 1.29 is 8.78 Å². The van der Waals surface area contributed by atoms with E-state index >= 15 is 0 Å². The molecule has 0 bridgehead atoms. The lowest BCUT2D eigenvalue weighted by Crippen LogP contribution is -2.17. The Labute approximate surface area is 104 Å². The zero-order valence-corrected chi connectivity index (χ0v) is 11.1. The number of allylic oxidation sites excluding steroid dienone is 4. The lowest BCUT2D eigenvalue weighted by molar-refractivity contribution is -0.00859. The monoisotopic (exact) mass is 242 g/mol. The van der Waals surface area contributed by atoms with Crippen LogP contribution in [0.4, 0.5) is 8.78 Å². The second-order valence-electron chi connectivity index (χ2n) is 5.07. The molecule has 0 aromatic carbocycles. The molecular formula is C15H24F2. The van der Waals surface area contributed by atoms with Gasteiger partial charge >= 0.3 is 0 Å². The smallest absolute Gasteiger partial charge is 0.207 e. The number of rotatable bonds is 1. The molecule has 0 unspecified atom stereocenters. The van der Waals surface area contributed by atoms with Crippen molar-refractivity contribution in [2.45, 2.75) is 71.1 Å². The van der Waals surface area contributed by atoms with E-state index in [1.165, 1.54) is 32.1 Å². The Bertz CT molecular complexity index is 287. The summed E-state index contributed by atoms with van der Waals surface area (Å²) in [6, 6.07) is 0. The zero-order chi connectivity index (χ0) is 12.7. The van der Waals surface area contributed by atoms with Crippen LogP contribution in [0.5, 0.6) is 0 Å². The Morgan fingerprint density at radius 1 is 1.18 bits per heavy atom. The molecule has 2 heteroatoms. The van der Waals surface area contributed by atoms with E-state index in [-0.39, 0.29) is 12.8 Å². The molecule has 0 aromatic heterocycles. The number of hydrogen-bond acceptors (Lipinski definition) is 0. The van der Waals surface area contributed by atoms with Crippen LogP contribution in [-0.2, 0) is 0 Å². The molecule has 2 aliphatic carbocycles. The van der Waals surface area contributed by atoms with Gasteiger partial charge in [0.1, 0.15) is 0 Å².